The molecule has 0 bridgehead atoms. The number of esters is 1. The summed E-state index contributed by atoms with van der Waals surface area (Å²) in [6, 6.07) is 6.78. The van der Waals surface area contributed by atoms with Crippen molar-refractivity contribution in [2.75, 3.05) is 19.8 Å². The Bertz CT molecular complexity index is 613. The minimum absolute atomic E-state index is 0.195. The third-order valence-electron chi connectivity index (χ3n) is 4.23. The molecule has 4 nitrogen and oxygen atoms in total. The largest absolute Gasteiger partial charge is 0.465 e. The van der Waals surface area contributed by atoms with Crippen LogP contribution >= 0.6 is 0 Å². The Morgan fingerprint density at radius 3 is 2.77 bits per heavy atom. The highest BCUT2D eigenvalue weighted by Gasteiger charge is 2.40. The maximum Gasteiger partial charge on any atom is 0.315 e. The van der Waals surface area contributed by atoms with E-state index < -0.39 is 22.6 Å². The third kappa shape index (κ3) is 2.71. The average Bonchev–Trinajstić information content (AvgIpc) is 2.97. The van der Waals surface area contributed by atoms with Gasteiger partial charge in [-0.15, -0.1) is 0 Å². The van der Waals surface area contributed by atoms with Gasteiger partial charge in [0.05, 0.1) is 24.7 Å². The van der Waals surface area contributed by atoms with Gasteiger partial charge in [0.15, 0.2) is 0 Å². The third-order valence-corrected chi connectivity index (χ3v) is 4.23. The molecule has 0 amide bonds. The summed E-state index contributed by atoms with van der Waals surface area (Å²) >= 11 is 0. The summed E-state index contributed by atoms with van der Waals surface area (Å²) in [6.45, 7) is 6.03. The Kier molecular flexibility index (Phi) is 4.52. The van der Waals surface area contributed by atoms with Crippen LogP contribution < -0.4 is 0 Å². The molecule has 22 heavy (non-hydrogen) atoms. The predicted octanol–water partition coefficient (Wildman–Crippen LogP) is 2.85. The number of benzene rings is 1. The van der Waals surface area contributed by atoms with Gasteiger partial charge in [0.25, 0.3) is 0 Å². The molecule has 1 atom stereocenters. The molecule has 1 aromatic rings. The number of ether oxygens (including phenoxy) is 2. The molecular formula is C17H20FNO3. The van der Waals surface area contributed by atoms with Crippen LogP contribution in [0, 0.1) is 17.1 Å². The van der Waals surface area contributed by atoms with Gasteiger partial charge in [-0.1, -0.05) is 12.1 Å². The predicted molar refractivity (Wildman–Crippen MR) is 78.8 cm³/mol. The first kappa shape index (κ1) is 16.4. The van der Waals surface area contributed by atoms with E-state index in [1.54, 1.807) is 32.9 Å². The van der Waals surface area contributed by atoms with Crippen molar-refractivity contribution in [2.24, 2.45) is 0 Å². The van der Waals surface area contributed by atoms with Gasteiger partial charge in [0.1, 0.15) is 11.2 Å². The number of hydrogen-bond donors (Lipinski definition) is 0. The lowest BCUT2D eigenvalue weighted by atomic mass is 9.78. The van der Waals surface area contributed by atoms with Gasteiger partial charge in [0.2, 0.25) is 0 Å². The lowest BCUT2D eigenvalue weighted by molar-refractivity contribution is -0.148. The molecule has 1 fully saturated rings. The molecule has 118 valence electrons. The van der Waals surface area contributed by atoms with Gasteiger partial charge < -0.3 is 9.47 Å². The number of nitriles is 1. The molecule has 0 aromatic heterocycles. The molecule has 0 N–H and O–H groups in total. The second kappa shape index (κ2) is 6.05. The Hall–Kier alpha value is -1.93. The maximum absolute atomic E-state index is 14.6. The molecule has 0 spiro atoms. The molecule has 2 rings (SSSR count). The maximum atomic E-state index is 14.6. The van der Waals surface area contributed by atoms with Crippen LogP contribution in [0.15, 0.2) is 18.2 Å². The van der Waals surface area contributed by atoms with E-state index in [2.05, 4.69) is 6.07 Å². The van der Waals surface area contributed by atoms with E-state index in [1.807, 2.05) is 0 Å². The standard InChI is InChI=1S/C17H20FNO3/c1-4-22-15(20)16(2,3)12-5-6-13(14(18)9-12)17(10-19)7-8-21-11-17/h5-6,9H,4,7-8,11H2,1-3H3. The van der Waals surface area contributed by atoms with Gasteiger partial charge in [-0.3, -0.25) is 4.79 Å². The molecule has 5 heteroatoms. The monoisotopic (exact) mass is 305 g/mol. The van der Waals surface area contributed by atoms with Crippen molar-refractivity contribution in [3.05, 3.63) is 35.1 Å². The van der Waals surface area contributed by atoms with Crippen LogP contribution in [-0.2, 0) is 25.1 Å². The number of nitrogens with zero attached hydrogens (tertiary/aromatic N) is 1. The zero-order valence-corrected chi connectivity index (χ0v) is 13.1. The lowest BCUT2D eigenvalue weighted by Gasteiger charge is -2.25. The van der Waals surface area contributed by atoms with Crippen molar-refractivity contribution in [3.8, 4) is 6.07 Å². The van der Waals surface area contributed by atoms with Crippen LogP contribution in [0.25, 0.3) is 0 Å². The van der Waals surface area contributed by atoms with Crippen LogP contribution in [0.3, 0.4) is 0 Å². The van der Waals surface area contributed by atoms with Crippen molar-refractivity contribution < 1.29 is 18.7 Å². The number of rotatable bonds is 4. The van der Waals surface area contributed by atoms with Crippen LogP contribution in [0.5, 0.6) is 0 Å². The molecule has 1 saturated heterocycles. The second-order valence-electron chi connectivity index (χ2n) is 6.04. The topological polar surface area (TPSA) is 59.3 Å². The van der Waals surface area contributed by atoms with Gasteiger partial charge in [-0.2, -0.15) is 5.26 Å². The van der Waals surface area contributed by atoms with Crippen LogP contribution in [0.4, 0.5) is 4.39 Å². The summed E-state index contributed by atoms with van der Waals surface area (Å²) in [5.74, 6) is -0.886. The quantitative estimate of drug-likeness (QED) is 0.803. The van der Waals surface area contributed by atoms with Gasteiger partial charge in [0, 0.05) is 12.2 Å². The van der Waals surface area contributed by atoms with Crippen molar-refractivity contribution in [3.63, 3.8) is 0 Å². The highest BCUT2D eigenvalue weighted by Crippen LogP contribution is 2.36. The molecule has 0 saturated carbocycles. The highest BCUT2D eigenvalue weighted by molar-refractivity contribution is 5.82. The Morgan fingerprint density at radius 1 is 1.55 bits per heavy atom. The Balaban J connectivity index is 2.38. The lowest BCUT2D eigenvalue weighted by Crippen LogP contribution is -2.32. The smallest absolute Gasteiger partial charge is 0.315 e. The van der Waals surface area contributed by atoms with Gasteiger partial charge in [-0.25, -0.2) is 4.39 Å². The zero-order chi connectivity index (χ0) is 16.4. The van der Waals surface area contributed by atoms with Crippen LogP contribution in [0.1, 0.15) is 38.3 Å². The van der Waals surface area contributed by atoms with Crippen LogP contribution in [-0.4, -0.2) is 25.8 Å². The average molecular weight is 305 g/mol. The first-order chi connectivity index (χ1) is 10.4. The molecule has 1 aliphatic heterocycles. The molecule has 1 aliphatic rings. The Labute approximate surface area is 129 Å². The summed E-state index contributed by atoms with van der Waals surface area (Å²) in [4.78, 5) is 12.0. The number of hydrogen-bond acceptors (Lipinski definition) is 4. The van der Waals surface area contributed by atoms with Crippen molar-refractivity contribution in [2.45, 2.75) is 38.0 Å². The number of halogens is 1. The van der Waals surface area contributed by atoms with Crippen LogP contribution in [0.2, 0.25) is 0 Å². The fraction of sp³-hybridized carbons (Fsp3) is 0.529. The summed E-state index contributed by atoms with van der Waals surface area (Å²) in [5, 5.41) is 9.41. The molecule has 0 aliphatic carbocycles. The van der Waals surface area contributed by atoms with E-state index >= 15 is 0 Å². The SMILES string of the molecule is CCOC(=O)C(C)(C)c1ccc(C2(C#N)CCOC2)c(F)c1. The van der Waals surface area contributed by atoms with Crippen molar-refractivity contribution >= 4 is 5.97 Å². The summed E-state index contributed by atoms with van der Waals surface area (Å²) in [7, 11) is 0. The van der Waals surface area contributed by atoms with E-state index in [1.165, 1.54) is 6.07 Å². The van der Waals surface area contributed by atoms with Crippen molar-refractivity contribution in [1.82, 2.24) is 0 Å². The van der Waals surface area contributed by atoms with Crippen molar-refractivity contribution in [1.29, 1.82) is 5.26 Å². The second-order valence-corrected chi connectivity index (χ2v) is 6.04. The molecule has 1 aromatic carbocycles. The summed E-state index contributed by atoms with van der Waals surface area (Å²) < 4.78 is 24.9. The van der Waals surface area contributed by atoms with E-state index in [0.717, 1.165) is 0 Å². The summed E-state index contributed by atoms with van der Waals surface area (Å²) in [5.41, 5.74) is -1.02. The fourth-order valence-electron chi connectivity index (χ4n) is 2.65. The number of carbonyl (C=O) groups is 1. The molecular weight excluding hydrogens is 285 g/mol. The van der Waals surface area contributed by atoms with E-state index in [-0.39, 0.29) is 13.2 Å². The van der Waals surface area contributed by atoms with E-state index in [0.29, 0.717) is 24.2 Å². The van der Waals surface area contributed by atoms with E-state index in [9.17, 15) is 14.4 Å². The minimum Gasteiger partial charge on any atom is -0.465 e. The zero-order valence-electron chi connectivity index (χ0n) is 13.1. The Morgan fingerprint density at radius 2 is 2.27 bits per heavy atom. The molecule has 1 unspecified atom stereocenters. The van der Waals surface area contributed by atoms with Gasteiger partial charge >= 0.3 is 5.97 Å². The highest BCUT2D eigenvalue weighted by atomic mass is 19.1. The minimum atomic E-state index is -0.943. The fourth-order valence-corrected chi connectivity index (χ4v) is 2.65. The number of carbonyl (C=O) groups excluding carboxylic acids is 1. The molecule has 1 heterocycles. The normalized spacial score (nSPS) is 21.4. The first-order valence-corrected chi connectivity index (χ1v) is 7.34. The molecule has 0 radical (unpaired) electrons. The van der Waals surface area contributed by atoms with E-state index in [4.69, 9.17) is 9.47 Å². The first-order valence-electron chi connectivity index (χ1n) is 7.34. The van der Waals surface area contributed by atoms with Gasteiger partial charge in [-0.05, 0) is 38.8 Å². The summed E-state index contributed by atoms with van der Waals surface area (Å²) in [6.07, 6.45) is 0.473.